The molecule has 2 aliphatic heterocycles. The number of ether oxygens (including phenoxy) is 1. The molecule has 62 heavy (non-hydrogen) atoms. The van der Waals surface area contributed by atoms with Crippen LogP contribution in [0.3, 0.4) is 0 Å². The van der Waals surface area contributed by atoms with Crippen LogP contribution in [-0.2, 0) is 49.6 Å². The predicted molar refractivity (Wildman–Crippen MR) is 218 cm³/mol. The van der Waals surface area contributed by atoms with E-state index in [4.69, 9.17) is 4.74 Å². The molecule has 2 aliphatic rings. The van der Waals surface area contributed by atoms with Gasteiger partial charge < -0.3 is 41.1 Å². The fourth-order valence-electron chi connectivity index (χ4n) is 6.98. The number of carbonyl (C=O) groups is 9. The van der Waals surface area contributed by atoms with Gasteiger partial charge in [-0.3, -0.25) is 63.1 Å². The molecule has 0 unspecified atom stereocenters. The Morgan fingerprint density at radius 2 is 1.21 bits per heavy atom. The smallest absolute Gasteiger partial charge is 0.317 e. The number of hydroxylamine groups is 1. The fraction of sp³-hybridized carbons (Fsp3) is 0.625. The summed E-state index contributed by atoms with van der Waals surface area (Å²) in [6.07, 6.45) is 1.27. The van der Waals surface area contributed by atoms with E-state index >= 15 is 0 Å². The Hall–Kier alpha value is -5.71. The van der Waals surface area contributed by atoms with E-state index < -0.39 is 98.0 Å². The Labute approximate surface area is 359 Å². The van der Waals surface area contributed by atoms with Crippen LogP contribution in [0.1, 0.15) is 51.5 Å². The van der Waals surface area contributed by atoms with Crippen LogP contribution >= 0.6 is 0 Å². The number of rotatable bonds is 26. The van der Waals surface area contributed by atoms with Crippen molar-refractivity contribution in [2.45, 2.75) is 52.4 Å². The summed E-state index contributed by atoms with van der Waals surface area (Å²) in [6.45, 7) is 1.03. The zero-order valence-corrected chi connectivity index (χ0v) is 35.2. The molecule has 3 atom stereocenters. The van der Waals surface area contributed by atoms with E-state index in [1.165, 1.54) is 4.90 Å². The summed E-state index contributed by atoms with van der Waals surface area (Å²) in [5, 5.41) is 54.1. The number of aliphatic carboxylic acids is 4. The summed E-state index contributed by atoms with van der Waals surface area (Å²) in [5.74, 6) is -9.58. The Morgan fingerprint density at radius 3 is 1.71 bits per heavy atom. The van der Waals surface area contributed by atoms with Crippen molar-refractivity contribution >= 4 is 53.3 Å². The molecule has 0 spiro atoms. The van der Waals surface area contributed by atoms with Crippen LogP contribution < -0.4 is 26.2 Å². The van der Waals surface area contributed by atoms with Gasteiger partial charge >= 0.3 is 23.9 Å². The zero-order valence-electron chi connectivity index (χ0n) is 35.2. The molecule has 1 aromatic carbocycles. The summed E-state index contributed by atoms with van der Waals surface area (Å²) in [4.78, 5) is 115. The van der Waals surface area contributed by atoms with Crippen molar-refractivity contribution in [1.29, 1.82) is 0 Å². The molecule has 0 aliphatic carbocycles. The summed E-state index contributed by atoms with van der Waals surface area (Å²) in [5.41, 5.74) is 2.43. The number of carboxylic acid groups (broad SMARTS) is 4. The maximum Gasteiger partial charge on any atom is 0.317 e. The molecular formula is C40H61N7O15. The number of benzene rings is 1. The first kappa shape index (κ1) is 52.4. The average Bonchev–Trinajstić information content (AvgIpc) is 3.18. The van der Waals surface area contributed by atoms with E-state index in [-0.39, 0.29) is 83.2 Å². The molecular weight excluding hydrogens is 818 g/mol. The normalized spacial score (nSPS) is 17.0. The highest BCUT2D eigenvalue weighted by Crippen LogP contribution is 2.30. The molecule has 1 aromatic rings. The number of hydrogen-bond acceptors (Lipinski definition) is 14. The van der Waals surface area contributed by atoms with Crippen LogP contribution in [0.15, 0.2) is 24.3 Å². The Balaban J connectivity index is 2.00. The number of hydrogen-bond donors (Lipinski definition) is 9. The van der Waals surface area contributed by atoms with Crippen molar-refractivity contribution in [1.82, 2.24) is 36.1 Å². The van der Waals surface area contributed by atoms with Crippen LogP contribution in [0.5, 0.6) is 5.75 Å². The summed E-state index contributed by atoms with van der Waals surface area (Å²) in [7, 11) is 0. The summed E-state index contributed by atoms with van der Waals surface area (Å²) < 4.78 is 5.80. The number of nitrogens with one attached hydrogen (secondary N) is 4. The highest BCUT2D eigenvalue weighted by Gasteiger charge is 2.36. The van der Waals surface area contributed by atoms with Gasteiger partial charge in [0.25, 0.3) is 0 Å². The number of nitrogens with zero attached hydrogens (tertiary/aromatic N) is 3. The minimum atomic E-state index is -1.27. The van der Waals surface area contributed by atoms with E-state index in [1.54, 1.807) is 29.7 Å². The molecule has 0 radical (unpaired) electrons. The van der Waals surface area contributed by atoms with Gasteiger partial charge in [0.2, 0.25) is 23.6 Å². The number of Topliss-reactive ketones (excluding diaryl/α,β-unsaturated/α-hetero) is 1. The van der Waals surface area contributed by atoms with Crippen LogP contribution in [0.25, 0.3) is 0 Å². The third-order valence-electron chi connectivity index (χ3n) is 9.91. The second-order valence-corrected chi connectivity index (χ2v) is 15.6. The van der Waals surface area contributed by atoms with Crippen molar-refractivity contribution in [2.24, 2.45) is 23.7 Å². The molecule has 9 N–H and O–H groups in total. The van der Waals surface area contributed by atoms with E-state index in [2.05, 4.69) is 16.0 Å². The fourth-order valence-corrected chi connectivity index (χ4v) is 6.98. The van der Waals surface area contributed by atoms with Crippen molar-refractivity contribution in [3.63, 3.8) is 0 Å². The Morgan fingerprint density at radius 1 is 0.694 bits per heavy atom. The molecule has 3 rings (SSSR count). The SMILES string of the molecule is CC(C)C[C@H]1C(=O)C[C@H](C(=O)NCC(=O)NCCCNC(=O)CN(CCN(CC(=O)O)CC(=O)O)CCN(CC(=O)O)CC(=O)O)Cc2ccc(cc2)OCCC[C@@H]1C(=O)NO. The van der Waals surface area contributed by atoms with Gasteiger partial charge in [-0.2, -0.15) is 0 Å². The van der Waals surface area contributed by atoms with E-state index in [9.17, 15) is 68.8 Å². The number of fused-ring (bicyclic) bond motifs is 11. The maximum atomic E-state index is 13.9. The monoisotopic (exact) mass is 879 g/mol. The third kappa shape index (κ3) is 21.7. The number of ketones is 1. The highest BCUT2D eigenvalue weighted by molar-refractivity contribution is 5.93. The molecule has 346 valence electrons. The minimum Gasteiger partial charge on any atom is -0.494 e. The highest BCUT2D eigenvalue weighted by atomic mass is 16.5. The van der Waals surface area contributed by atoms with Gasteiger partial charge in [0.1, 0.15) is 11.5 Å². The van der Waals surface area contributed by atoms with Crippen molar-refractivity contribution in [3.05, 3.63) is 29.8 Å². The van der Waals surface area contributed by atoms with Crippen LogP contribution in [-0.4, -0.2) is 179 Å². The van der Waals surface area contributed by atoms with Gasteiger partial charge in [-0.05, 0) is 55.7 Å². The van der Waals surface area contributed by atoms with E-state index in [1.807, 2.05) is 13.8 Å². The van der Waals surface area contributed by atoms with Crippen LogP contribution in [0, 0.1) is 23.7 Å². The van der Waals surface area contributed by atoms with Gasteiger partial charge in [0.15, 0.2) is 0 Å². The number of carbonyl (C=O) groups excluding carboxylic acids is 5. The first-order valence-corrected chi connectivity index (χ1v) is 20.4. The lowest BCUT2D eigenvalue weighted by molar-refractivity contribution is -0.143. The second kappa shape index (κ2) is 28.0. The predicted octanol–water partition coefficient (Wildman–Crippen LogP) is -1.26. The van der Waals surface area contributed by atoms with Crippen LogP contribution in [0.4, 0.5) is 0 Å². The topological polar surface area (TPSA) is 322 Å². The van der Waals surface area contributed by atoms with Gasteiger partial charge in [-0.1, -0.05) is 26.0 Å². The molecule has 0 saturated carbocycles. The minimum absolute atomic E-state index is 0.0140. The quantitative estimate of drug-likeness (QED) is 0.0298. The number of amides is 4. The molecule has 0 aromatic heterocycles. The van der Waals surface area contributed by atoms with Crippen molar-refractivity contribution in [2.75, 3.05) is 85.1 Å². The lowest BCUT2D eigenvalue weighted by Crippen LogP contribution is -2.47. The standard InChI is InChI=1S/C40H61N7O15/c1-26(2)17-31-30(40(60)44-61)5-3-16-62-29-8-6-27(7-9-29)18-28(19-32(31)48)39(59)43-20-33(49)41-10-4-11-42-34(50)21-45(12-14-46(22-35(51)52)23-36(53)54)13-15-47(24-37(55)56)25-38(57)58/h6-9,26,28,30-31,61H,3-5,10-25H2,1-2H3,(H,41,49)(H,42,50)(H,43,59)(H,44,60)(H,51,52)(H,53,54)(H,55,56)(H,57,58)/t28-,30+,31-/m1/s1. The molecule has 0 saturated heterocycles. The number of carboxylic acids is 4. The first-order chi connectivity index (χ1) is 29.4. The Kier molecular flexibility index (Phi) is 23.7. The second-order valence-electron chi connectivity index (χ2n) is 15.6. The molecule has 22 heteroatoms. The molecule has 4 amide bonds. The van der Waals surface area contributed by atoms with Gasteiger partial charge in [0, 0.05) is 63.4 Å². The molecule has 22 nitrogen and oxygen atoms in total. The summed E-state index contributed by atoms with van der Waals surface area (Å²) in [6, 6.07) is 7.07. The first-order valence-electron chi connectivity index (χ1n) is 20.4. The zero-order chi connectivity index (χ0) is 46.2. The largest absolute Gasteiger partial charge is 0.494 e. The van der Waals surface area contributed by atoms with Crippen molar-refractivity contribution < 1.29 is 73.5 Å². The third-order valence-corrected chi connectivity index (χ3v) is 9.91. The maximum absolute atomic E-state index is 13.9. The average molecular weight is 880 g/mol. The molecule has 2 bridgehead atoms. The summed E-state index contributed by atoms with van der Waals surface area (Å²) >= 11 is 0. The van der Waals surface area contributed by atoms with Gasteiger partial charge in [0.05, 0.1) is 45.9 Å². The Bertz CT molecular complexity index is 1600. The van der Waals surface area contributed by atoms with Gasteiger partial charge in [-0.25, -0.2) is 5.48 Å². The van der Waals surface area contributed by atoms with E-state index in [0.717, 1.165) is 15.4 Å². The molecule has 0 fully saturated rings. The lowest BCUT2D eigenvalue weighted by atomic mass is 9.76. The lowest BCUT2D eigenvalue weighted by Gasteiger charge is -2.28. The molecule has 2 heterocycles. The van der Waals surface area contributed by atoms with E-state index in [0.29, 0.717) is 25.2 Å². The van der Waals surface area contributed by atoms with Crippen molar-refractivity contribution in [3.8, 4) is 5.75 Å². The van der Waals surface area contributed by atoms with Gasteiger partial charge in [-0.15, -0.1) is 0 Å². The van der Waals surface area contributed by atoms with Crippen LogP contribution in [0.2, 0.25) is 0 Å².